The van der Waals surface area contributed by atoms with Crippen LogP contribution in [0, 0.1) is 9.81 Å². The number of hydrogen-bond acceptors (Lipinski definition) is 1. The number of aryl methyl sites for hydroxylation is 1. The van der Waals surface area contributed by atoms with Crippen molar-refractivity contribution in [3.63, 3.8) is 0 Å². The van der Waals surface area contributed by atoms with Crippen molar-refractivity contribution in [3.05, 3.63) is 44.8 Å². The normalized spacial score (nSPS) is 10.3. The second kappa shape index (κ2) is 3.80. The maximum absolute atomic E-state index is 2.39. The van der Waals surface area contributed by atoms with Crippen molar-refractivity contribution >= 4 is 33.9 Å². The van der Waals surface area contributed by atoms with Gasteiger partial charge in [-0.05, 0) is 46.7 Å². The first-order valence-corrected chi connectivity index (χ1v) is 5.98. The molecule has 0 spiro atoms. The Labute approximate surface area is 95.8 Å². The lowest BCUT2D eigenvalue weighted by Crippen LogP contribution is -1.68. The smallest absolute Gasteiger partial charge is 0.0689 e. The number of benzene rings is 1. The van der Waals surface area contributed by atoms with Crippen LogP contribution in [0.1, 0.15) is 5.56 Å². The molecule has 0 atom stereocenters. The topological polar surface area (TPSA) is 0 Å². The second-order valence-electron chi connectivity index (χ2n) is 2.93. The van der Waals surface area contributed by atoms with Gasteiger partial charge in [0.15, 0.2) is 0 Å². The van der Waals surface area contributed by atoms with E-state index in [1.165, 1.54) is 18.9 Å². The molecular weight excluding hydrogens is 291 g/mol. The lowest BCUT2D eigenvalue weighted by atomic mass is 10.2. The standard InChI is InChI=1S/C11H9IS/c1-8-7-10(13-11(8)12)9-5-3-2-4-6-9/h2-7H,1H3. The van der Waals surface area contributed by atoms with Crippen LogP contribution in [0.2, 0.25) is 0 Å². The molecule has 0 nitrogen and oxygen atoms in total. The zero-order valence-corrected chi connectivity index (χ0v) is 10.2. The third-order valence-electron chi connectivity index (χ3n) is 1.92. The number of rotatable bonds is 1. The predicted octanol–water partition coefficient (Wildman–Crippen LogP) is 4.33. The monoisotopic (exact) mass is 300 g/mol. The molecule has 0 saturated carbocycles. The van der Waals surface area contributed by atoms with Crippen LogP contribution in [-0.4, -0.2) is 0 Å². The van der Waals surface area contributed by atoms with Gasteiger partial charge in [0.05, 0.1) is 2.88 Å². The first-order chi connectivity index (χ1) is 6.27. The number of thiophene rings is 1. The van der Waals surface area contributed by atoms with Crippen molar-refractivity contribution < 1.29 is 0 Å². The van der Waals surface area contributed by atoms with E-state index in [0.29, 0.717) is 0 Å². The fraction of sp³-hybridized carbons (Fsp3) is 0.0909. The van der Waals surface area contributed by atoms with Crippen LogP contribution < -0.4 is 0 Å². The average Bonchev–Trinajstić information content (AvgIpc) is 2.49. The van der Waals surface area contributed by atoms with Gasteiger partial charge >= 0.3 is 0 Å². The molecule has 0 amide bonds. The van der Waals surface area contributed by atoms with Gasteiger partial charge in [-0.1, -0.05) is 30.3 Å². The van der Waals surface area contributed by atoms with Gasteiger partial charge in [0.2, 0.25) is 0 Å². The zero-order valence-electron chi connectivity index (χ0n) is 7.25. The molecule has 1 heterocycles. The van der Waals surface area contributed by atoms with Crippen molar-refractivity contribution in [2.75, 3.05) is 0 Å². The Morgan fingerprint density at radius 1 is 1.15 bits per heavy atom. The summed E-state index contributed by atoms with van der Waals surface area (Å²) in [6.45, 7) is 2.16. The van der Waals surface area contributed by atoms with Crippen LogP contribution in [0.15, 0.2) is 36.4 Å². The maximum atomic E-state index is 2.39. The summed E-state index contributed by atoms with van der Waals surface area (Å²) in [6, 6.07) is 12.8. The predicted molar refractivity (Wildman–Crippen MR) is 67.2 cm³/mol. The highest BCUT2D eigenvalue weighted by Gasteiger charge is 2.03. The summed E-state index contributed by atoms with van der Waals surface area (Å²) in [5, 5.41) is 0. The van der Waals surface area contributed by atoms with E-state index in [1.807, 2.05) is 11.3 Å². The minimum Gasteiger partial charge on any atom is -0.129 e. The highest BCUT2D eigenvalue weighted by atomic mass is 127. The van der Waals surface area contributed by atoms with Crippen LogP contribution in [0.5, 0.6) is 0 Å². The van der Waals surface area contributed by atoms with Crippen molar-refractivity contribution in [3.8, 4) is 10.4 Å². The van der Waals surface area contributed by atoms with Gasteiger partial charge in [-0.25, -0.2) is 0 Å². The quantitative estimate of drug-likeness (QED) is 0.688. The SMILES string of the molecule is Cc1cc(-c2ccccc2)sc1I. The second-order valence-corrected chi connectivity index (χ2v) is 5.80. The summed E-state index contributed by atoms with van der Waals surface area (Å²) >= 11 is 4.24. The molecule has 0 aliphatic rings. The molecule has 0 fully saturated rings. The molecule has 0 radical (unpaired) electrons. The van der Waals surface area contributed by atoms with Crippen LogP contribution in [0.3, 0.4) is 0 Å². The summed E-state index contributed by atoms with van der Waals surface area (Å²) in [7, 11) is 0. The van der Waals surface area contributed by atoms with Crippen molar-refractivity contribution in [2.24, 2.45) is 0 Å². The number of halogens is 1. The summed E-state index contributed by atoms with van der Waals surface area (Å²) < 4.78 is 1.39. The highest BCUT2D eigenvalue weighted by Crippen LogP contribution is 2.31. The average molecular weight is 300 g/mol. The largest absolute Gasteiger partial charge is 0.129 e. The van der Waals surface area contributed by atoms with Gasteiger partial charge in [0.1, 0.15) is 0 Å². The van der Waals surface area contributed by atoms with Crippen LogP contribution in [-0.2, 0) is 0 Å². The summed E-state index contributed by atoms with van der Waals surface area (Å²) in [6.07, 6.45) is 0. The van der Waals surface area contributed by atoms with E-state index in [2.05, 4.69) is 65.9 Å². The fourth-order valence-electron chi connectivity index (χ4n) is 1.20. The molecule has 0 N–H and O–H groups in total. The molecule has 2 rings (SSSR count). The first kappa shape index (κ1) is 9.21. The third-order valence-corrected chi connectivity index (χ3v) is 4.50. The lowest BCUT2D eigenvalue weighted by molar-refractivity contribution is 1.52. The van der Waals surface area contributed by atoms with E-state index in [4.69, 9.17) is 0 Å². The molecule has 0 aliphatic heterocycles. The van der Waals surface area contributed by atoms with Gasteiger partial charge in [0, 0.05) is 4.88 Å². The molecule has 1 aromatic carbocycles. The number of hydrogen-bond donors (Lipinski definition) is 0. The molecule has 0 bridgehead atoms. The minimum absolute atomic E-state index is 1.32. The van der Waals surface area contributed by atoms with Gasteiger partial charge in [-0.15, -0.1) is 11.3 Å². The van der Waals surface area contributed by atoms with E-state index in [9.17, 15) is 0 Å². The summed E-state index contributed by atoms with van der Waals surface area (Å²) in [4.78, 5) is 1.36. The highest BCUT2D eigenvalue weighted by molar-refractivity contribution is 14.1. The zero-order chi connectivity index (χ0) is 9.26. The Hall–Kier alpha value is -0.350. The van der Waals surface area contributed by atoms with Crippen LogP contribution in [0.25, 0.3) is 10.4 Å². The Morgan fingerprint density at radius 2 is 1.85 bits per heavy atom. The van der Waals surface area contributed by atoms with Gasteiger partial charge in [0.25, 0.3) is 0 Å². The Bertz CT molecular complexity index is 384. The molecule has 0 aliphatic carbocycles. The minimum atomic E-state index is 1.32. The van der Waals surface area contributed by atoms with Crippen molar-refractivity contribution in [1.82, 2.24) is 0 Å². The molecule has 2 aromatic rings. The first-order valence-electron chi connectivity index (χ1n) is 4.09. The molecule has 13 heavy (non-hydrogen) atoms. The Kier molecular flexibility index (Phi) is 2.69. The molecule has 2 heteroatoms. The fourth-order valence-corrected chi connectivity index (χ4v) is 2.97. The van der Waals surface area contributed by atoms with Gasteiger partial charge < -0.3 is 0 Å². The molecule has 66 valence electrons. The van der Waals surface area contributed by atoms with Gasteiger partial charge in [-0.3, -0.25) is 0 Å². The molecule has 1 aromatic heterocycles. The van der Waals surface area contributed by atoms with E-state index >= 15 is 0 Å². The van der Waals surface area contributed by atoms with E-state index in [-0.39, 0.29) is 0 Å². The summed E-state index contributed by atoms with van der Waals surface area (Å²) in [5.41, 5.74) is 2.70. The lowest BCUT2D eigenvalue weighted by Gasteiger charge is -1.93. The van der Waals surface area contributed by atoms with Crippen LogP contribution in [0.4, 0.5) is 0 Å². The van der Waals surface area contributed by atoms with E-state index < -0.39 is 0 Å². The van der Waals surface area contributed by atoms with Crippen LogP contribution >= 0.6 is 33.9 Å². The van der Waals surface area contributed by atoms with Gasteiger partial charge in [-0.2, -0.15) is 0 Å². The summed E-state index contributed by atoms with van der Waals surface area (Å²) in [5.74, 6) is 0. The van der Waals surface area contributed by atoms with Crippen molar-refractivity contribution in [2.45, 2.75) is 6.92 Å². The molecule has 0 saturated heterocycles. The molecule has 0 unspecified atom stereocenters. The van der Waals surface area contributed by atoms with E-state index in [0.717, 1.165) is 0 Å². The maximum Gasteiger partial charge on any atom is 0.0689 e. The van der Waals surface area contributed by atoms with Crippen molar-refractivity contribution in [1.29, 1.82) is 0 Å². The Morgan fingerprint density at radius 3 is 2.38 bits per heavy atom. The van der Waals surface area contributed by atoms with E-state index in [1.54, 1.807) is 0 Å². The third kappa shape index (κ3) is 1.94. The Balaban J connectivity index is 2.48. The molecular formula is C11H9IS.